The Morgan fingerprint density at radius 1 is 1.20 bits per heavy atom. The summed E-state index contributed by atoms with van der Waals surface area (Å²) in [5.41, 5.74) is 2.59. The standard InChI is InChI=1S/C15H12BrClFNO/c1-8-5-11(6-9(2)14(8)16)19-15(20)12-4-3-10(17)7-13(12)18/h3-7H,1-2H3,(H,19,20). The summed E-state index contributed by atoms with van der Waals surface area (Å²) in [5, 5.41) is 2.94. The zero-order valence-electron chi connectivity index (χ0n) is 10.9. The lowest BCUT2D eigenvalue weighted by atomic mass is 10.1. The molecule has 0 aliphatic heterocycles. The maximum Gasteiger partial charge on any atom is 0.258 e. The van der Waals surface area contributed by atoms with Crippen molar-refractivity contribution in [1.29, 1.82) is 0 Å². The number of anilines is 1. The van der Waals surface area contributed by atoms with Crippen molar-refractivity contribution < 1.29 is 9.18 Å². The summed E-state index contributed by atoms with van der Waals surface area (Å²) in [5.74, 6) is -1.14. The molecule has 5 heteroatoms. The summed E-state index contributed by atoms with van der Waals surface area (Å²) in [4.78, 5) is 12.0. The fraction of sp³-hybridized carbons (Fsp3) is 0.133. The maximum absolute atomic E-state index is 13.7. The van der Waals surface area contributed by atoms with Crippen molar-refractivity contribution in [1.82, 2.24) is 0 Å². The van der Waals surface area contributed by atoms with Crippen LogP contribution in [0.1, 0.15) is 21.5 Å². The zero-order valence-corrected chi connectivity index (χ0v) is 13.3. The normalized spacial score (nSPS) is 10.4. The Labute approximate surface area is 130 Å². The molecule has 0 spiro atoms. The van der Waals surface area contributed by atoms with Crippen molar-refractivity contribution in [2.75, 3.05) is 5.32 Å². The molecule has 0 atom stereocenters. The number of aryl methyl sites for hydroxylation is 2. The number of hydrogen-bond acceptors (Lipinski definition) is 1. The first kappa shape index (κ1) is 15.0. The average molecular weight is 357 g/mol. The molecule has 0 saturated carbocycles. The first-order chi connectivity index (χ1) is 9.38. The smallest absolute Gasteiger partial charge is 0.258 e. The van der Waals surface area contributed by atoms with Gasteiger partial charge in [0.05, 0.1) is 5.56 Å². The third-order valence-corrected chi connectivity index (χ3v) is 4.36. The van der Waals surface area contributed by atoms with Crippen LogP contribution in [0, 0.1) is 19.7 Å². The lowest BCUT2D eigenvalue weighted by Crippen LogP contribution is -2.14. The van der Waals surface area contributed by atoms with E-state index in [1.807, 2.05) is 26.0 Å². The molecule has 1 amide bonds. The lowest BCUT2D eigenvalue weighted by molar-refractivity contribution is 0.102. The van der Waals surface area contributed by atoms with Gasteiger partial charge in [0.2, 0.25) is 0 Å². The highest BCUT2D eigenvalue weighted by atomic mass is 79.9. The Balaban J connectivity index is 2.28. The summed E-state index contributed by atoms with van der Waals surface area (Å²) < 4.78 is 14.7. The summed E-state index contributed by atoms with van der Waals surface area (Å²) in [6, 6.07) is 7.61. The molecule has 0 aliphatic carbocycles. The van der Waals surface area contributed by atoms with E-state index in [1.165, 1.54) is 12.1 Å². The van der Waals surface area contributed by atoms with Gasteiger partial charge in [-0.3, -0.25) is 4.79 Å². The van der Waals surface area contributed by atoms with E-state index in [9.17, 15) is 9.18 Å². The highest BCUT2D eigenvalue weighted by molar-refractivity contribution is 9.10. The molecule has 0 radical (unpaired) electrons. The molecule has 0 bridgehead atoms. The molecule has 2 aromatic rings. The Morgan fingerprint density at radius 2 is 1.80 bits per heavy atom. The number of hydrogen-bond donors (Lipinski definition) is 1. The number of rotatable bonds is 2. The minimum atomic E-state index is -0.638. The van der Waals surface area contributed by atoms with Crippen molar-refractivity contribution in [3.05, 3.63) is 62.3 Å². The molecule has 0 fully saturated rings. The van der Waals surface area contributed by atoms with Crippen LogP contribution in [0.3, 0.4) is 0 Å². The van der Waals surface area contributed by atoms with Crippen molar-refractivity contribution in [2.45, 2.75) is 13.8 Å². The van der Waals surface area contributed by atoms with Crippen LogP contribution in [0.5, 0.6) is 0 Å². The number of amides is 1. The first-order valence-electron chi connectivity index (χ1n) is 5.91. The fourth-order valence-electron chi connectivity index (χ4n) is 1.89. The van der Waals surface area contributed by atoms with Crippen LogP contribution in [-0.4, -0.2) is 5.91 Å². The zero-order chi connectivity index (χ0) is 14.9. The first-order valence-corrected chi connectivity index (χ1v) is 7.08. The minimum absolute atomic E-state index is 0.0346. The Bertz CT molecular complexity index is 665. The summed E-state index contributed by atoms with van der Waals surface area (Å²) >= 11 is 9.12. The van der Waals surface area contributed by atoms with Gasteiger partial charge in [0, 0.05) is 15.2 Å². The van der Waals surface area contributed by atoms with Gasteiger partial charge in [-0.2, -0.15) is 0 Å². The molecular weight excluding hydrogens is 345 g/mol. The second kappa shape index (κ2) is 5.94. The molecule has 2 nitrogen and oxygen atoms in total. The van der Waals surface area contributed by atoms with Gasteiger partial charge in [-0.15, -0.1) is 0 Å². The van der Waals surface area contributed by atoms with Crippen LogP contribution >= 0.6 is 27.5 Å². The van der Waals surface area contributed by atoms with Crippen LogP contribution in [0.2, 0.25) is 5.02 Å². The van der Waals surface area contributed by atoms with Gasteiger partial charge in [-0.1, -0.05) is 27.5 Å². The number of halogens is 3. The third kappa shape index (κ3) is 3.19. The number of carbonyl (C=O) groups excluding carboxylic acids is 1. The van der Waals surface area contributed by atoms with E-state index in [1.54, 1.807) is 0 Å². The van der Waals surface area contributed by atoms with Gasteiger partial charge >= 0.3 is 0 Å². The Morgan fingerprint density at radius 3 is 2.35 bits per heavy atom. The molecule has 2 aromatic carbocycles. The minimum Gasteiger partial charge on any atom is -0.322 e. The molecule has 0 aromatic heterocycles. The molecule has 1 N–H and O–H groups in total. The highest BCUT2D eigenvalue weighted by Crippen LogP contribution is 2.25. The van der Waals surface area contributed by atoms with E-state index < -0.39 is 11.7 Å². The van der Waals surface area contributed by atoms with Crippen LogP contribution in [0.25, 0.3) is 0 Å². The topological polar surface area (TPSA) is 29.1 Å². The predicted octanol–water partition coefficient (Wildman–Crippen LogP) is 5.11. The van der Waals surface area contributed by atoms with E-state index in [2.05, 4.69) is 21.2 Å². The summed E-state index contributed by atoms with van der Waals surface area (Å²) in [6.45, 7) is 3.85. The largest absolute Gasteiger partial charge is 0.322 e. The van der Waals surface area contributed by atoms with Gasteiger partial charge in [0.15, 0.2) is 0 Å². The van der Waals surface area contributed by atoms with Crippen molar-refractivity contribution in [3.8, 4) is 0 Å². The molecule has 0 saturated heterocycles. The summed E-state index contributed by atoms with van der Waals surface area (Å²) in [7, 11) is 0. The van der Waals surface area contributed by atoms with Crippen LogP contribution in [0.15, 0.2) is 34.8 Å². The van der Waals surface area contributed by atoms with Gasteiger partial charge < -0.3 is 5.32 Å². The quantitative estimate of drug-likeness (QED) is 0.796. The van der Waals surface area contributed by atoms with Crippen molar-refractivity contribution >= 4 is 39.1 Å². The van der Waals surface area contributed by atoms with Gasteiger partial charge in [0.25, 0.3) is 5.91 Å². The number of carbonyl (C=O) groups is 1. The van der Waals surface area contributed by atoms with E-state index in [0.717, 1.165) is 21.7 Å². The van der Waals surface area contributed by atoms with Crippen LogP contribution in [-0.2, 0) is 0 Å². The van der Waals surface area contributed by atoms with Gasteiger partial charge in [0.1, 0.15) is 5.82 Å². The van der Waals surface area contributed by atoms with E-state index in [-0.39, 0.29) is 10.6 Å². The fourth-order valence-corrected chi connectivity index (χ4v) is 2.28. The highest BCUT2D eigenvalue weighted by Gasteiger charge is 2.13. The molecule has 20 heavy (non-hydrogen) atoms. The Kier molecular flexibility index (Phi) is 4.45. The number of benzene rings is 2. The lowest BCUT2D eigenvalue weighted by Gasteiger charge is -2.10. The molecule has 2 rings (SSSR count). The second-order valence-electron chi connectivity index (χ2n) is 4.50. The van der Waals surface area contributed by atoms with Gasteiger partial charge in [-0.05, 0) is 55.3 Å². The molecule has 104 valence electrons. The molecule has 0 aliphatic rings. The third-order valence-electron chi connectivity index (χ3n) is 2.87. The second-order valence-corrected chi connectivity index (χ2v) is 5.73. The average Bonchev–Trinajstić information content (AvgIpc) is 2.35. The Hall–Kier alpha value is -1.39. The van der Waals surface area contributed by atoms with E-state index in [4.69, 9.17) is 11.6 Å². The van der Waals surface area contributed by atoms with E-state index in [0.29, 0.717) is 5.69 Å². The van der Waals surface area contributed by atoms with Gasteiger partial charge in [-0.25, -0.2) is 4.39 Å². The molecule has 0 heterocycles. The van der Waals surface area contributed by atoms with E-state index >= 15 is 0 Å². The predicted molar refractivity (Wildman–Crippen MR) is 83.0 cm³/mol. The van der Waals surface area contributed by atoms with Crippen LogP contribution < -0.4 is 5.32 Å². The number of nitrogens with one attached hydrogen (secondary N) is 1. The molecule has 0 unspecified atom stereocenters. The van der Waals surface area contributed by atoms with Crippen molar-refractivity contribution in [3.63, 3.8) is 0 Å². The summed E-state index contributed by atoms with van der Waals surface area (Å²) in [6.07, 6.45) is 0. The van der Waals surface area contributed by atoms with Crippen LogP contribution in [0.4, 0.5) is 10.1 Å². The SMILES string of the molecule is Cc1cc(NC(=O)c2ccc(Cl)cc2F)cc(C)c1Br. The monoisotopic (exact) mass is 355 g/mol. The maximum atomic E-state index is 13.7. The van der Waals surface area contributed by atoms with Crippen molar-refractivity contribution in [2.24, 2.45) is 0 Å². The molecular formula is C15H12BrClFNO.